The smallest absolute Gasteiger partial charge is 0.251 e. The molecule has 0 radical (unpaired) electrons. The van der Waals surface area contributed by atoms with Crippen molar-refractivity contribution in [3.8, 4) is 5.75 Å². The van der Waals surface area contributed by atoms with Crippen LogP contribution < -0.4 is 10.1 Å². The molecule has 4 rings (SSSR count). The third-order valence-corrected chi connectivity index (χ3v) is 5.62. The van der Waals surface area contributed by atoms with Crippen molar-refractivity contribution in [2.75, 3.05) is 6.61 Å². The molecule has 1 N–H and O–H groups in total. The Hall–Kier alpha value is -3.31. The summed E-state index contributed by atoms with van der Waals surface area (Å²) in [4.78, 5) is 17.5. The van der Waals surface area contributed by atoms with Crippen LogP contribution in [0.1, 0.15) is 41.1 Å². The van der Waals surface area contributed by atoms with Gasteiger partial charge in [0.05, 0.1) is 23.7 Å². The summed E-state index contributed by atoms with van der Waals surface area (Å²) >= 11 is 6.04. The van der Waals surface area contributed by atoms with Crippen LogP contribution in [-0.4, -0.2) is 22.1 Å². The van der Waals surface area contributed by atoms with Gasteiger partial charge in [-0.2, -0.15) is 0 Å². The average molecular weight is 448 g/mol. The summed E-state index contributed by atoms with van der Waals surface area (Å²) in [7, 11) is 0. The second-order valence-electron chi connectivity index (χ2n) is 7.78. The van der Waals surface area contributed by atoms with Crippen LogP contribution in [0.15, 0.2) is 72.8 Å². The number of aryl methyl sites for hydroxylation is 2. The van der Waals surface area contributed by atoms with Crippen molar-refractivity contribution in [2.45, 2.75) is 32.9 Å². The molecule has 0 aliphatic carbocycles. The number of halogens is 1. The molecule has 0 fully saturated rings. The van der Waals surface area contributed by atoms with Crippen molar-refractivity contribution in [1.82, 2.24) is 14.9 Å². The van der Waals surface area contributed by atoms with E-state index >= 15 is 0 Å². The zero-order valence-corrected chi connectivity index (χ0v) is 19.0. The van der Waals surface area contributed by atoms with Crippen molar-refractivity contribution in [3.63, 3.8) is 0 Å². The zero-order valence-electron chi connectivity index (χ0n) is 18.2. The molecule has 0 saturated carbocycles. The van der Waals surface area contributed by atoms with Crippen LogP contribution in [-0.2, 0) is 6.54 Å². The van der Waals surface area contributed by atoms with Crippen molar-refractivity contribution in [2.24, 2.45) is 0 Å². The molecule has 1 amide bonds. The van der Waals surface area contributed by atoms with Crippen LogP contribution in [0.25, 0.3) is 11.0 Å². The molecular weight excluding hydrogens is 422 g/mol. The summed E-state index contributed by atoms with van der Waals surface area (Å²) in [6.45, 7) is 5.32. The first kappa shape index (κ1) is 21.9. The van der Waals surface area contributed by atoms with E-state index < -0.39 is 0 Å². The van der Waals surface area contributed by atoms with Crippen molar-refractivity contribution in [3.05, 3.63) is 94.8 Å². The molecule has 1 atom stereocenters. The van der Waals surface area contributed by atoms with E-state index in [2.05, 4.69) is 16.0 Å². The minimum atomic E-state index is -0.272. The van der Waals surface area contributed by atoms with Gasteiger partial charge in [-0.25, -0.2) is 4.98 Å². The Morgan fingerprint density at radius 1 is 1.09 bits per heavy atom. The van der Waals surface area contributed by atoms with Crippen LogP contribution in [0.5, 0.6) is 5.75 Å². The summed E-state index contributed by atoms with van der Waals surface area (Å²) in [6.07, 6.45) is 0.816. The minimum absolute atomic E-state index is 0.179. The largest absolute Gasteiger partial charge is 0.493 e. The number of imidazole rings is 1. The molecule has 0 spiro atoms. The van der Waals surface area contributed by atoms with Gasteiger partial charge in [0.1, 0.15) is 11.6 Å². The number of amides is 1. The second kappa shape index (κ2) is 9.88. The highest BCUT2D eigenvalue weighted by atomic mass is 35.5. The lowest BCUT2D eigenvalue weighted by atomic mass is 10.2. The number of hydrogen-bond donors (Lipinski definition) is 1. The molecule has 1 unspecified atom stereocenters. The lowest BCUT2D eigenvalue weighted by molar-refractivity contribution is 0.0937. The molecule has 164 valence electrons. The SMILES string of the molecule is Cc1ccccc1OCCCn1c(C(C)NC(=O)c2cccc(Cl)c2)nc2ccccc21. The Morgan fingerprint density at radius 2 is 1.88 bits per heavy atom. The third kappa shape index (κ3) is 4.94. The van der Waals surface area contributed by atoms with Crippen LogP contribution in [0, 0.1) is 6.92 Å². The molecule has 0 saturated heterocycles. The van der Waals surface area contributed by atoms with Crippen LogP contribution in [0.4, 0.5) is 0 Å². The highest BCUT2D eigenvalue weighted by molar-refractivity contribution is 6.30. The standard InChI is InChI=1S/C26H26ClN3O2/c1-18-9-3-6-14-24(18)32-16-8-15-30-23-13-5-4-12-22(23)29-25(30)19(2)28-26(31)20-10-7-11-21(27)17-20/h3-7,9-14,17,19H,8,15-16H2,1-2H3,(H,28,31). The number of aromatic nitrogens is 2. The van der Waals surface area contributed by atoms with Crippen molar-refractivity contribution < 1.29 is 9.53 Å². The summed E-state index contributed by atoms with van der Waals surface area (Å²) in [6, 6.07) is 22.7. The molecule has 1 aromatic heterocycles. The first-order valence-corrected chi connectivity index (χ1v) is 11.1. The third-order valence-electron chi connectivity index (χ3n) is 5.38. The van der Waals surface area contributed by atoms with Crippen molar-refractivity contribution >= 4 is 28.5 Å². The molecule has 0 aliphatic rings. The maximum atomic E-state index is 12.7. The van der Waals surface area contributed by atoms with Gasteiger partial charge < -0.3 is 14.6 Å². The molecule has 32 heavy (non-hydrogen) atoms. The monoisotopic (exact) mass is 447 g/mol. The summed E-state index contributed by atoms with van der Waals surface area (Å²) in [5.74, 6) is 1.55. The van der Waals surface area contributed by atoms with Crippen LogP contribution in [0.2, 0.25) is 5.02 Å². The Labute approximate surface area is 193 Å². The summed E-state index contributed by atoms with van der Waals surface area (Å²) in [5, 5.41) is 3.59. The number of rotatable bonds is 8. The Morgan fingerprint density at radius 3 is 2.69 bits per heavy atom. The lowest BCUT2D eigenvalue weighted by Crippen LogP contribution is -2.28. The van der Waals surface area contributed by atoms with E-state index in [1.165, 1.54) is 0 Å². The number of nitrogens with zero attached hydrogens (tertiary/aromatic N) is 2. The molecule has 3 aromatic carbocycles. The number of carbonyl (C=O) groups is 1. The average Bonchev–Trinajstić information content (AvgIpc) is 3.16. The molecule has 1 heterocycles. The van der Waals surface area contributed by atoms with E-state index in [0.717, 1.165) is 41.1 Å². The fourth-order valence-electron chi connectivity index (χ4n) is 3.76. The highest BCUT2D eigenvalue weighted by Crippen LogP contribution is 2.22. The fourth-order valence-corrected chi connectivity index (χ4v) is 3.95. The first-order valence-electron chi connectivity index (χ1n) is 10.7. The number of hydrogen-bond acceptors (Lipinski definition) is 3. The van der Waals surface area contributed by atoms with Gasteiger partial charge in [-0.05, 0) is 62.2 Å². The first-order chi connectivity index (χ1) is 15.5. The van der Waals surface area contributed by atoms with Gasteiger partial charge in [0, 0.05) is 17.1 Å². The van der Waals surface area contributed by atoms with E-state index in [9.17, 15) is 4.79 Å². The van der Waals surface area contributed by atoms with E-state index in [0.29, 0.717) is 17.2 Å². The van der Waals surface area contributed by atoms with E-state index in [-0.39, 0.29) is 11.9 Å². The normalized spacial score (nSPS) is 12.0. The molecular formula is C26H26ClN3O2. The topological polar surface area (TPSA) is 56.1 Å². The van der Waals surface area contributed by atoms with Gasteiger partial charge in [-0.1, -0.05) is 48.0 Å². The summed E-state index contributed by atoms with van der Waals surface area (Å²) < 4.78 is 8.13. The van der Waals surface area contributed by atoms with Crippen LogP contribution >= 0.6 is 11.6 Å². The quantitative estimate of drug-likeness (QED) is 0.339. The Balaban J connectivity index is 1.49. The Kier molecular flexibility index (Phi) is 6.76. The van der Waals surface area contributed by atoms with Gasteiger partial charge in [0.25, 0.3) is 5.91 Å². The maximum Gasteiger partial charge on any atom is 0.251 e. The van der Waals surface area contributed by atoms with E-state index in [4.69, 9.17) is 21.3 Å². The summed E-state index contributed by atoms with van der Waals surface area (Å²) in [5.41, 5.74) is 3.60. The zero-order chi connectivity index (χ0) is 22.5. The van der Waals surface area contributed by atoms with Crippen LogP contribution in [0.3, 0.4) is 0 Å². The number of nitrogens with one attached hydrogen (secondary N) is 1. The fraction of sp³-hybridized carbons (Fsp3) is 0.231. The van der Waals surface area contributed by atoms with Gasteiger partial charge in [-0.15, -0.1) is 0 Å². The molecule has 4 aromatic rings. The molecule has 0 aliphatic heterocycles. The predicted octanol–water partition coefficient (Wildman–Crippen LogP) is 5.96. The molecule has 5 nitrogen and oxygen atoms in total. The number of para-hydroxylation sites is 3. The number of fused-ring (bicyclic) bond motifs is 1. The number of ether oxygens (including phenoxy) is 1. The molecule has 6 heteroatoms. The second-order valence-corrected chi connectivity index (χ2v) is 8.22. The van der Waals surface area contributed by atoms with Gasteiger partial charge in [-0.3, -0.25) is 4.79 Å². The van der Waals surface area contributed by atoms with E-state index in [1.807, 2.05) is 56.3 Å². The van der Waals surface area contributed by atoms with Gasteiger partial charge in [0.2, 0.25) is 0 Å². The number of benzene rings is 3. The maximum absolute atomic E-state index is 12.7. The van der Waals surface area contributed by atoms with Crippen molar-refractivity contribution in [1.29, 1.82) is 0 Å². The molecule has 0 bridgehead atoms. The van der Waals surface area contributed by atoms with E-state index in [1.54, 1.807) is 24.3 Å². The predicted molar refractivity (Wildman–Crippen MR) is 128 cm³/mol. The highest BCUT2D eigenvalue weighted by Gasteiger charge is 2.19. The van der Waals surface area contributed by atoms with Gasteiger partial charge >= 0.3 is 0 Å². The number of carbonyl (C=O) groups excluding carboxylic acids is 1. The van der Waals surface area contributed by atoms with Gasteiger partial charge in [0.15, 0.2) is 0 Å². The Bertz CT molecular complexity index is 1230. The minimum Gasteiger partial charge on any atom is -0.493 e. The lowest BCUT2D eigenvalue weighted by Gasteiger charge is -2.17.